The molecule has 0 saturated carbocycles. The van der Waals surface area contributed by atoms with Gasteiger partial charge in [-0.3, -0.25) is 4.79 Å². The monoisotopic (exact) mass is 380 g/mol. The van der Waals surface area contributed by atoms with Gasteiger partial charge in [-0.15, -0.1) is 0 Å². The molecule has 1 amide bonds. The number of hydrogen-bond donors (Lipinski definition) is 1. The number of carbonyl (C=O) groups is 1. The van der Waals surface area contributed by atoms with Crippen LogP contribution >= 0.6 is 0 Å². The van der Waals surface area contributed by atoms with Crippen molar-refractivity contribution < 1.29 is 19.0 Å². The fraction of sp³-hybridized carbons (Fsp3) is 0.227. The van der Waals surface area contributed by atoms with Crippen LogP contribution < -0.4 is 19.5 Å². The second-order valence-corrected chi connectivity index (χ2v) is 6.18. The van der Waals surface area contributed by atoms with Gasteiger partial charge in [-0.2, -0.15) is 0 Å². The van der Waals surface area contributed by atoms with E-state index in [1.54, 1.807) is 21.3 Å². The molecule has 0 aliphatic heterocycles. The molecule has 146 valence electrons. The summed E-state index contributed by atoms with van der Waals surface area (Å²) in [5, 5.41) is 2.94. The number of methoxy groups -OCH3 is 3. The Bertz CT molecular complexity index is 922. The Hall–Kier alpha value is -3.41. The number of carbonyl (C=O) groups excluding carboxylic acids is 1. The lowest BCUT2D eigenvalue weighted by Gasteiger charge is -2.23. The van der Waals surface area contributed by atoms with E-state index >= 15 is 0 Å². The van der Waals surface area contributed by atoms with Gasteiger partial charge in [0.05, 0.1) is 39.5 Å². The molecule has 1 aromatic heterocycles. The standard InChI is InChI=1S/C22H24N2O4/c1-26-19-11-5-4-10-17(19)23-21(25)15-18(24-13-6-7-14-24)16-9-8-12-20(27-2)22(16)28-3/h4-14,18H,15H2,1-3H3,(H,23,25). The fourth-order valence-corrected chi connectivity index (χ4v) is 3.23. The van der Waals surface area contributed by atoms with Crippen molar-refractivity contribution >= 4 is 11.6 Å². The van der Waals surface area contributed by atoms with Crippen molar-refractivity contribution in [2.45, 2.75) is 12.5 Å². The Morgan fingerprint density at radius 3 is 2.25 bits per heavy atom. The van der Waals surface area contributed by atoms with Gasteiger partial charge in [-0.25, -0.2) is 0 Å². The van der Waals surface area contributed by atoms with Gasteiger partial charge in [0.1, 0.15) is 5.75 Å². The van der Waals surface area contributed by atoms with Gasteiger partial charge in [-0.1, -0.05) is 24.3 Å². The first-order chi connectivity index (χ1) is 13.7. The van der Waals surface area contributed by atoms with Crippen molar-refractivity contribution in [3.63, 3.8) is 0 Å². The number of amides is 1. The molecule has 0 radical (unpaired) electrons. The van der Waals surface area contributed by atoms with E-state index in [4.69, 9.17) is 14.2 Å². The molecule has 1 atom stereocenters. The molecule has 6 heteroatoms. The lowest BCUT2D eigenvalue weighted by Crippen LogP contribution is -2.20. The number of aromatic nitrogens is 1. The minimum absolute atomic E-state index is 0.131. The molecule has 28 heavy (non-hydrogen) atoms. The number of ether oxygens (including phenoxy) is 3. The van der Waals surface area contributed by atoms with Crippen LogP contribution in [0.1, 0.15) is 18.0 Å². The molecule has 0 fully saturated rings. The minimum atomic E-state index is -0.255. The van der Waals surface area contributed by atoms with Crippen LogP contribution in [0.3, 0.4) is 0 Å². The zero-order valence-corrected chi connectivity index (χ0v) is 16.2. The molecule has 6 nitrogen and oxygen atoms in total. The van der Waals surface area contributed by atoms with E-state index in [-0.39, 0.29) is 18.4 Å². The summed E-state index contributed by atoms with van der Waals surface area (Å²) in [5.41, 5.74) is 1.51. The van der Waals surface area contributed by atoms with Crippen LogP contribution in [-0.2, 0) is 4.79 Å². The summed E-state index contributed by atoms with van der Waals surface area (Å²) < 4.78 is 18.3. The molecular formula is C22H24N2O4. The Morgan fingerprint density at radius 2 is 1.57 bits per heavy atom. The molecule has 0 saturated heterocycles. The van der Waals surface area contributed by atoms with Crippen LogP contribution in [0, 0.1) is 0 Å². The maximum absolute atomic E-state index is 12.9. The average molecular weight is 380 g/mol. The van der Waals surface area contributed by atoms with E-state index < -0.39 is 0 Å². The number of nitrogens with zero attached hydrogens (tertiary/aromatic N) is 1. The fourth-order valence-electron chi connectivity index (χ4n) is 3.23. The first-order valence-electron chi connectivity index (χ1n) is 8.94. The second kappa shape index (κ2) is 8.99. The van der Waals surface area contributed by atoms with Crippen molar-refractivity contribution in [3.8, 4) is 17.2 Å². The van der Waals surface area contributed by atoms with E-state index in [1.807, 2.05) is 71.6 Å². The number of hydrogen-bond acceptors (Lipinski definition) is 4. The summed E-state index contributed by atoms with van der Waals surface area (Å²) in [6, 6.07) is 16.6. The quantitative estimate of drug-likeness (QED) is 0.638. The predicted octanol–water partition coefficient (Wildman–Crippen LogP) is 4.13. The first-order valence-corrected chi connectivity index (χ1v) is 8.94. The number of nitrogens with one attached hydrogen (secondary N) is 1. The molecule has 0 aliphatic carbocycles. The van der Waals surface area contributed by atoms with Gasteiger partial charge in [0, 0.05) is 18.0 Å². The highest BCUT2D eigenvalue weighted by Crippen LogP contribution is 2.38. The maximum atomic E-state index is 12.9. The van der Waals surface area contributed by atoms with Crippen LogP contribution in [0.15, 0.2) is 67.0 Å². The van der Waals surface area contributed by atoms with Gasteiger partial charge >= 0.3 is 0 Å². The van der Waals surface area contributed by atoms with Crippen LogP contribution in [0.5, 0.6) is 17.2 Å². The van der Waals surface area contributed by atoms with Gasteiger partial charge < -0.3 is 24.1 Å². The molecule has 0 aliphatic rings. The highest BCUT2D eigenvalue weighted by molar-refractivity contribution is 5.92. The Labute approximate surface area is 164 Å². The smallest absolute Gasteiger partial charge is 0.226 e. The topological polar surface area (TPSA) is 61.7 Å². The number of para-hydroxylation sites is 3. The van der Waals surface area contributed by atoms with Gasteiger partial charge in [0.15, 0.2) is 11.5 Å². The molecular weight excluding hydrogens is 356 g/mol. The van der Waals surface area contributed by atoms with E-state index in [0.29, 0.717) is 22.9 Å². The van der Waals surface area contributed by atoms with Crippen molar-refractivity contribution in [2.24, 2.45) is 0 Å². The first kappa shape index (κ1) is 19.4. The molecule has 0 spiro atoms. The number of anilines is 1. The highest BCUT2D eigenvalue weighted by Gasteiger charge is 2.23. The minimum Gasteiger partial charge on any atom is -0.495 e. The van der Waals surface area contributed by atoms with E-state index in [0.717, 1.165) is 5.56 Å². The zero-order chi connectivity index (χ0) is 19.9. The average Bonchev–Trinajstić information content (AvgIpc) is 3.26. The Kier molecular flexibility index (Phi) is 6.22. The summed E-state index contributed by atoms with van der Waals surface area (Å²) in [5.74, 6) is 1.73. The molecule has 1 heterocycles. The molecule has 1 unspecified atom stereocenters. The molecule has 2 aromatic carbocycles. The summed E-state index contributed by atoms with van der Waals surface area (Å²) in [6.07, 6.45) is 4.08. The summed E-state index contributed by atoms with van der Waals surface area (Å²) in [6.45, 7) is 0. The third-order valence-electron chi connectivity index (χ3n) is 4.54. The number of benzene rings is 2. The van der Waals surface area contributed by atoms with Crippen molar-refractivity contribution in [3.05, 3.63) is 72.6 Å². The summed E-state index contributed by atoms with van der Waals surface area (Å²) in [7, 11) is 4.78. The highest BCUT2D eigenvalue weighted by atomic mass is 16.5. The third kappa shape index (κ3) is 4.11. The lowest BCUT2D eigenvalue weighted by atomic mass is 10.0. The van der Waals surface area contributed by atoms with E-state index in [9.17, 15) is 4.79 Å². The van der Waals surface area contributed by atoms with Crippen molar-refractivity contribution in [2.75, 3.05) is 26.6 Å². The van der Waals surface area contributed by atoms with Crippen LogP contribution in [-0.4, -0.2) is 31.8 Å². The summed E-state index contributed by atoms with van der Waals surface area (Å²) in [4.78, 5) is 12.9. The second-order valence-electron chi connectivity index (χ2n) is 6.18. The van der Waals surface area contributed by atoms with E-state index in [1.165, 1.54) is 0 Å². The largest absolute Gasteiger partial charge is 0.495 e. The maximum Gasteiger partial charge on any atom is 0.226 e. The van der Waals surface area contributed by atoms with E-state index in [2.05, 4.69) is 5.32 Å². The van der Waals surface area contributed by atoms with Crippen LogP contribution in [0.4, 0.5) is 5.69 Å². The van der Waals surface area contributed by atoms with Gasteiger partial charge in [0.2, 0.25) is 5.91 Å². The molecule has 0 bridgehead atoms. The molecule has 3 rings (SSSR count). The van der Waals surface area contributed by atoms with Crippen molar-refractivity contribution in [1.82, 2.24) is 4.57 Å². The lowest BCUT2D eigenvalue weighted by molar-refractivity contribution is -0.116. The predicted molar refractivity (Wildman–Crippen MR) is 108 cm³/mol. The van der Waals surface area contributed by atoms with Gasteiger partial charge in [-0.05, 0) is 30.3 Å². The van der Waals surface area contributed by atoms with Crippen LogP contribution in [0.25, 0.3) is 0 Å². The summed E-state index contributed by atoms with van der Waals surface area (Å²) >= 11 is 0. The molecule has 1 N–H and O–H groups in total. The van der Waals surface area contributed by atoms with Crippen molar-refractivity contribution in [1.29, 1.82) is 0 Å². The number of rotatable bonds is 8. The Morgan fingerprint density at radius 1 is 0.893 bits per heavy atom. The third-order valence-corrected chi connectivity index (χ3v) is 4.54. The zero-order valence-electron chi connectivity index (χ0n) is 16.2. The normalized spacial score (nSPS) is 11.5. The SMILES string of the molecule is COc1ccccc1NC(=O)CC(c1cccc(OC)c1OC)n1cccc1. The van der Waals surface area contributed by atoms with Crippen LogP contribution in [0.2, 0.25) is 0 Å². The Balaban J connectivity index is 1.91. The van der Waals surface area contributed by atoms with Gasteiger partial charge in [0.25, 0.3) is 0 Å². The molecule has 3 aromatic rings.